The van der Waals surface area contributed by atoms with E-state index in [1.807, 2.05) is 0 Å². The molecule has 8 unspecified atom stereocenters. The van der Waals surface area contributed by atoms with Gasteiger partial charge in [-0.2, -0.15) is 23.5 Å². The van der Waals surface area contributed by atoms with Crippen LogP contribution in [-0.4, -0.2) is 33.7 Å². The molecule has 7 aliphatic rings. The maximum Gasteiger partial charge on any atom is 0.0609 e. The Hall–Kier alpha value is 0.660. The van der Waals surface area contributed by atoms with Gasteiger partial charge in [0.15, 0.2) is 0 Å². The van der Waals surface area contributed by atoms with Crippen LogP contribution < -0.4 is 0 Å². The van der Waals surface area contributed by atoms with Crippen molar-refractivity contribution in [2.75, 3.05) is 5.75 Å². The molecule has 2 saturated heterocycles. The first kappa shape index (κ1) is 64.9. The standard InChI is InChI=1S/C20H36S.C17H34O.C14H28.C13H24S.C3H8/c1-15(2)19-14-18(17-11-7-4-8-12-17)20(21-19)13-16-9-5-3-6-10-16;1-12(2)14-8-9-15(11-17(5,6)7)16(10-14)18-13(3)4;1-11(2)13-8-6-12(7-9-13)10-14(3,4)5;1-10(2)13-8-12(9-14-13)11-6-4-3-5-7-11;1-3-2/h15-20H,3-14H2,1-2H3;12-16H,8-11H2,1-7H3;11-13H,6-10H2,1-5H3;10-13H,3-9H2,1-2H3;3H2,1-2H3. The van der Waals surface area contributed by atoms with Gasteiger partial charge in [-0.05, 0) is 172 Å². The summed E-state index contributed by atoms with van der Waals surface area (Å²) in [6.07, 6.45) is 42.3. The molecular formula is C67H130OS2. The molecular weight excluding hydrogens is 885 g/mol. The van der Waals surface area contributed by atoms with E-state index in [1.165, 1.54) is 147 Å². The Morgan fingerprint density at radius 3 is 1.40 bits per heavy atom. The zero-order chi connectivity index (χ0) is 52.0. The quantitative estimate of drug-likeness (QED) is 0.193. The van der Waals surface area contributed by atoms with Crippen LogP contribution in [0.15, 0.2) is 0 Å². The van der Waals surface area contributed by atoms with Crippen molar-refractivity contribution in [2.24, 2.45) is 87.8 Å². The van der Waals surface area contributed by atoms with Crippen LogP contribution in [-0.2, 0) is 4.74 Å². The van der Waals surface area contributed by atoms with E-state index in [-0.39, 0.29) is 0 Å². The number of hydrogen-bond acceptors (Lipinski definition) is 3. The van der Waals surface area contributed by atoms with E-state index in [2.05, 4.69) is 148 Å². The van der Waals surface area contributed by atoms with Crippen LogP contribution >= 0.6 is 23.5 Å². The highest BCUT2D eigenvalue weighted by molar-refractivity contribution is 8.00. The molecule has 70 heavy (non-hydrogen) atoms. The van der Waals surface area contributed by atoms with Crippen molar-refractivity contribution in [3.05, 3.63) is 0 Å². The number of ether oxygens (including phenoxy) is 1. The van der Waals surface area contributed by atoms with Crippen molar-refractivity contribution in [2.45, 2.75) is 332 Å². The molecule has 416 valence electrons. The Morgan fingerprint density at radius 1 is 0.457 bits per heavy atom. The summed E-state index contributed by atoms with van der Waals surface area (Å²) in [5.74, 6) is 14.0. The fourth-order valence-corrected chi connectivity index (χ4v) is 18.3. The fraction of sp³-hybridized carbons (Fsp3) is 1.00. The highest BCUT2D eigenvalue weighted by Gasteiger charge is 2.42. The fourth-order valence-electron chi connectivity index (χ4n) is 14.6. The van der Waals surface area contributed by atoms with E-state index >= 15 is 0 Å². The van der Waals surface area contributed by atoms with Crippen LogP contribution in [0.5, 0.6) is 0 Å². The zero-order valence-corrected chi connectivity index (χ0v) is 52.8. The van der Waals surface area contributed by atoms with Gasteiger partial charge in [0.1, 0.15) is 0 Å². The topological polar surface area (TPSA) is 9.23 Å². The second-order valence-corrected chi connectivity index (χ2v) is 32.3. The highest BCUT2D eigenvalue weighted by atomic mass is 32.2. The molecule has 0 aromatic heterocycles. The van der Waals surface area contributed by atoms with Crippen molar-refractivity contribution in [3.63, 3.8) is 0 Å². The summed E-state index contributed by atoms with van der Waals surface area (Å²) in [7, 11) is 0. The van der Waals surface area contributed by atoms with Crippen molar-refractivity contribution in [3.8, 4) is 0 Å². The van der Waals surface area contributed by atoms with Gasteiger partial charge in [-0.15, -0.1) is 0 Å². The molecule has 5 aliphatic carbocycles. The summed E-state index contributed by atoms with van der Waals surface area (Å²) in [4.78, 5) is 0. The average molecular weight is 1020 g/mol. The molecule has 3 heteroatoms. The SMILES string of the molecule is CC(C)C1CC(C2CCCCC2)C(CC2CCCCC2)S1.CC(C)C1CC(C2CCCCC2)CS1.CC(C)C1CCC(CC(C)(C)C)CC1.CC(C)OC1CC(C(C)C)CCC1CC(C)(C)C.CCC. The van der Waals surface area contributed by atoms with E-state index in [0.717, 1.165) is 92.7 Å². The van der Waals surface area contributed by atoms with Gasteiger partial charge in [0.25, 0.3) is 0 Å². The van der Waals surface area contributed by atoms with Crippen LogP contribution in [0.3, 0.4) is 0 Å². The van der Waals surface area contributed by atoms with Gasteiger partial charge in [0, 0.05) is 15.7 Å². The Labute approximate surface area is 451 Å². The minimum atomic E-state index is 0.364. The third kappa shape index (κ3) is 25.7. The van der Waals surface area contributed by atoms with Crippen LogP contribution in [0.25, 0.3) is 0 Å². The molecule has 7 fully saturated rings. The second kappa shape index (κ2) is 33.7. The number of thioether (sulfide) groups is 2. The maximum absolute atomic E-state index is 6.23. The lowest BCUT2D eigenvalue weighted by Gasteiger charge is -2.41. The van der Waals surface area contributed by atoms with E-state index < -0.39 is 0 Å². The maximum atomic E-state index is 6.23. The summed E-state index contributed by atoms with van der Waals surface area (Å²) in [5, 5.41) is 2.95. The second-order valence-electron chi connectivity index (χ2n) is 29.6. The van der Waals surface area contributed by atoms with E-state index in [1.54, 1.807) is 38.5 Å². The Kier molecular flexibility index (Phi) is 31.3. The molecule has 2 aliphatic heterocycles. The van der Waals surface area contributed by atoms with Gasteiger partial charge in [-0.1, -0.05) is 226 Å². The molecule has 1 nitrogen and oxygen atoms in total. The van der Waals surface area contributed by atoms with Crippen LogP contribution in [0.4, 0.5) is 0 Å². The number of rotatable bonds is 12. The summed E-state index contributed by atoms with van der Waals surface area (Å²) in [5.41, 5.74) is 0.962. The van der Waals surface area contributed by atoms with Crippen molar-refractivity contribution in [1.82, 2.24) is 0 Å². The molecule has 8 atom stereocenters. The smallest absolute Gasteiger partial charge is 0.0609 e. The molecule has 0 radical (unpaired) electrons. The first-order valence-electron chi connectivity index (χ1n) is 31.9. The lowest BCUT2D eigenvalue weighted by Crippen LogP contribution is -2.37. The molecule has 0 aromatic rings. The van der Waals surface area contributed by atoms with E-state index in [9.17, 15) is 0 Å². The normalized spacial score (nSPS) is 31.9. The predicted molar refractivity (Wildman–Crippen MR) is 322 cm³/mol. The molecule has 0 amide bonds. The third-order valence-corrected chi connectivity index (χ3v) is 22.5. The lowest BCUT2D eigenvalue weighted by molar-refractivity contribution is -0.0710. The number of hydrogen-bond donors (Lipinski definition) is 0. The van der Waals surface area contributed by atoms with Crippen molar-refractivity contribution in [1.29, 1.82) is 0 Å². The third-order valence-electron chi connectivity index (χ3n) is 18.7. The molecule has 0 bridgehead atoms. The molecule has 2 heterocycles. The predicted octanol–water partition coefficient (Wildman–Crippen LogP) is 22.6. The Bertz CT molecular complexity index is 1260. The van der Waals surface area contributed by atoms with Gasteiger partial charge in [0.05, 0.1) is 12.2 Å². The molecule has 0 N–H and O–H groups in total. The van der Waals surface area contributed by atoms with Crippen molar-refractivity contribution >= 4 is 23.5 Å². The minimum absolute atomic E-state index is 0.364. The van der Waals surface area contributed by atoms with Gasteiger partial charge in [0.2, 0.25) is 0 Å². The minimum Gasteiger partial charge on any atom is -0.375 e. The molecule has 5 saturated carbocycles. The van der Waals surface area contributed by atoms with Gasteiger partial charge in [-0.3, -0.25) is 0 Å². The first-order chi connectivity index (χ1) is 33.0. The van der Waals surface area contributed by atoms with E-state index in [0.29, 0.717) is 23.0 Å². The van der Waals surface area contributed by atoms with Crippen LogP contribution in [0.2, 0.25) is 0 Å². The average Bonchev–Trinajstić information content (AvgIpc) is 3.97. The van der Waals surface area contributed by atoms with E-state index in [4.69, 9.17) is 4.74 Å². The Morgan fingerprint density at radius 2 is 0.943 bits per heavy atom. The molecule has 0 spiro atoms. The summed E-state index contributed by atoms with van der Waals surface area (Å²) < 4.78 is 6.23. The van der Waals surface area contributed by atoms with Crippen LogP contribution in [0, 0.1) is 87.8 Å². The van der Waals surface area contributed by atoms with Crippen molar-refractivity contribution < 1.29 is 4.74 Å². The molecule has 0 aromatic carbocycles. The summed E-state index contributed by atoms with van der Waals surface area (Å²) >= 11 is 4.67. The zero-order valence-electron chi connectivity index (χ0n) is 51.1. The first-order valence-corrected chi connectivity index (χ1v) is 33.9. The largest absolute Gasteiger partial charge is 0.375 e. The monoisotopic (exact) mass is 1010 g/mol. The molecule has 7 rings (SSSR count). The van der Waals surface area contributed by atoms with Gasteiger partial charge in [-0.25, -0.2) is 0 Å². The van der Waals surface area contributed by atoms with Gasteiger partial charge < -0.3 is 4.74 Å². The lowest BCUT2D eigenvalue weighted by atomic mass is 9.70. The van der Waals surface area contributed by atoms with Crippen LogP contribution in [0.1, 0.15) is 304 Å². The van der Waals surface area contributed by atoms with Gasteiger partial charge >= 0.3 is 0 Å². The highest BCUT2D eigenvalue weighted by Crippen LogP contribution is 2.52. The Balaban J connectivity index is 0.000000245. The summed E-state index contributed by atoms with van der Waals surface area (Å²) in [6.45, 7) is 42.0. The summed E-state index contributed by atoms with van der Waals surface area (Å²) in [6, 6.07) is 0.